The Labute approximate surface area is 187 Å². The summed E-state index contributed by atoms with van der Waals surface area (Å²) in [5.74, 6) is 0.397. The molecule has 0 fully saturated rings. The molecule has 0 unspecified atom stereocenters. The van der Waals surface area contributed by atoms with Crippen molar-refractivity contribution in [2.45, 2.75) is 0 Å². The number of benzene rings is 3. The number of nitrogens with zero attached hydrogens (tertiary/aromatic N) is 2. The summed E-state index contributed by atoms with van der Waals surface area (Å²) < 4.78 is 0.962. The van der Waals surface area contributed by atoms with Crippen molar-refractivity contribution in [1.82, 2.24) is 9.97 Å². The second-order valence-electron chi connectivity index (χ2n) is 6.43. The minimum atomic E-state index is -0.257. The van der Waals surface area contributed by atoms with Crippen LogP contribution >= 0.6 is 27.5 Å². The standard InChI is InChI=1S/C23H16BrClN4O/c24-16-5-3-6-17(12-16)29-23-19-13-18(9-10-21(19)26-14-27-23)28-22(30)11-8-15-4-1-2-7-20(15)25/h1-14H,(H,28,30)(H,26,27,29)/b11-8+. The number of hydrogen-bond donors (Lipinski definition) is 2. The summed E-state index contributed by atoms with van der Waals surface area (Å²) >= 11 is 9.59. The van der Waals surface area contributed by atoms with Crippen LogP contribution in [-0.2, 0) is 4.79 Å². The number of nitrogens with one attached hydrogen (secondary N) is 2. The van der Waals surface area contributed by atoms with Gasteiger partial charge in [-0.1, -0.05) is 51.8 Å². The van der Waals surface area contributed by atoms with Gasteiger partial charge in [0.05, 0.1) is 5.52 Å². The Hall–Kier alpha value is -3.22. The van der Waals surface area contributed by atoms with Crippen LogP contribution in [0.25, 0.3) is 17.0 Å². The smallest absolute Gasteiger partial charge is 0.248 e. The minimum absolute atomic E-state index is 0.257. The van der Waals surface area contributed by atoms with Gasteiger partial charge in [0.1, 0.15) is 12.1 Å². The van der Waals surface area contributed by atoms with Gasteiger partial charge in [-0.2, -0.15) is 0 Å². The number of amides is 1. The van der Waals surface area contributed by atoms with E-state index in [0.29, 0.717) is 16.5 Å². The van der Waals surface area contributed by atoms with E-state index in [2.05, 4.69) is 36.5 Å². The zero-order valence-corrected chi connectivity index (χ0v) is 18.0. The summed E-state index contributed by atoms with van der Waals surface area (Å²) in [5, 5.41) is 7.55. The third-order valence-electron chi connectivity index (χ3n) is 4.31. The zero-order valence-electron chi connectivity index (χ0n) is 15.6. The molecule has 0 radical (unpaired) electrons. The van der Waals surface area contributed by atoms with Crippen molar-refractivity contribution >= 4 is 67.6 Å². The van der Waals surface area contributed by atoms with Crippen LogP contribution in [0.3, 0.4) is 0 Å². The second kappa shape index (κ2) is 9.07. The molecule has 4 rings (SSSR count). The maximum Gasteiger partial charge on any atom is 0.248 e. The predicted molar refractivity (Wildman–Crippen MR) is 126 cm³/mol. The molecule has 0 saturated heterocycles. The lowest BCUT2D eigenvalue weighted by atomic mass is 10.2. The number of aromatic nitrogens is 2. The van der Waals surface area contributed by atoms with E-state index in [0.717, 1.165) is 26.6 Å². The van der Waals surface area contributed by atoms with Crippen LogP contribution in [0.4, 0.5) is 17.2 Å². The molecule has 1 aromatic heterocycles. The summed E-state index contributed by atoms with van der Waals surface area (Å²) in [5.41, 5.74) is 3.08. The molecule has 0 aliphatic carbocycles. The number of carbonyl (C=O) groups is 1. The largest absolute Gasteiger partial charge is 0.340 e. The molecule has 30 heavy (non-hydrogen) atoms. The molecule has 0 bridgehead atoms. The van der Waals surface area contributed by atoms with E-state index in [4.69, 9.17) is 11.6 Å². The first-order valence-corrected chi connectivity index (χ1v) is 10.3. The average molecular weight is 480 g/mol. The average Bonchev–Trinajstić information content (AvgIpc) is 2.74. The number of anilines is 3. The van der Waals surface area contributed by atoms with Gasteiger partial charge in [-0.3, -0.25) is 4.79 Å². The minimum Gasteiger partial charge on any atom is -0.340 e. The van der Waals surface area contributed by atoms with Crippen LogP contribution < -0.4 is 10.6 Å². The number of halogens is 2. The lowest BCUT2D eigenvalue weighted by molar-refractivity contribution is -0.111. The Balaban J connectivity index is 1.56. The first-order chi connectivity index (χ1) is 14.6. The molecule has 0 aliphatic rings. The molecule has 0 saturated carbocycles. The highest BCUT2D eigenvalue weighted by Crippen LogP contribution is 2.27. The molecule has 2 N–H and O–H groups in total. The van der Waals surface area contributed by atoms with Gasteiger partial charge in [-0.25, -0.2) is 9.97 Å². The SMILES string of the molecule is O=C(/C=C/c1ccccc1Cl)Nc1ccc2ncnc(Nc3cccc(Br)c3)c2c1. The van der Waals surface area contributed by atoms with Gasteiger partial charge in [0.15, 0.2) is 0 Å². The van der Waals surface area contributed by atoms with E-state index in [1.807, 2.05) is 54.6 Å². The van der Waals surface area contributed by atoms with Crippen molar-refractivity contribution in [2.24, 2.45) is 0 Å². The van der Waals surface area contributed by atoms with Gasteiger partial charge in [0, 0.05) is 32.3 Å². The topological polar surface area (TPSA) is 66.9 Å². The van der Waals surface area contributed by atoms with Crippen LogP contribution in [0, 0.1) is 0 Å². The molecule has 1 amide bonds. The molecule has 0 spiro atoms. The molecular formula is C23H16BrClN4O. The maximum atomic E-state index is 12.4. The Bertz CT molecular complexity index is 1260. The van der Waals surface area contributed by atoms with E-state index < -0.39 is 0 Å². The number of hydrogen-bond acceptors (Lipinski definition) is 4. The maximum absolute atomic E-state index is 12.4. The van der Waals surface area contributed by atoms with Gasteiger partial charge in [-0.15, -0.1) is 0 Å². The first kappa shape index (κ1) is 20.1. The van der Waals surface area contributed by atoms with Gasteiger partial charge < -0.3 is 10.6 Å². The highest BCUT2D eigenvalue weighted by molar-refractivity contribution is 9.10. The molecule has 148 valence electrons. The molecular weight excluding hydrogens is 464 g/mol. The van der Waals surface area contributed by atoms with E-state index in [9.17, 15) is 4.79 Å². The van der Waals surface area contributed by atoms with Crippen LogP contribution in [0.1, 0.15) is 5.56 Å². The van der Waals surface area contributed by atoms with E-state index in [1.165, 1.54) is 12.4 Å². The van der Waals surface area contributed by atoms with Crippen molar-refractivity contribution in [3.63, 3.8) is 0 Å². The van der Waals surface area contributed by atoms with Gasteiger partial charge in [0.25, 0.3) is 0 Å². The van der Waals surface area contributed by atoms with Gasteiger partial charge in [0.2, 0.25) is 5.91 Å². The van der Waals surface area contributed by atoms with Gasteiger partial charge >= 0.3 is 0 Å². The Morgan fingerprint density at radius 1 is 0.967 bits per heavy atom. The van der Waals surface area contributed by atoms with Crippen molar-refractivity contribution in [3.05, 3.63) is 94.2 Å². The lowest BCUT2D eigenvalue weighted by Crippen LogP contribution is -2.08. The highest BCUT2D eigenvalue weighted by atomic mass is 79.9. The fourth-order valence-electron chi connectivity index (χ4n) is 2.90. The second-order valence-corrected chi connectivity index (χ2v) is 7.76. The summed E-state index contributed by atoms with van der Waals surface area (Å²) in [7, 11) is 0. The number of fused-ring (bicyclic) bond motifs is 1. The van der Waals surface area contributed by atoms with E-state index >= 15 is 0 Å². The Kier molecular flexibility index (Phi) is 6.07. The van der Waals surface area contributed by atoms with E-state index in [1.54, 1.807) is 18.2 Å². The molecule has 0 aliphatic heterocycles. The first-order valence-electron chi connectivity index (χ1n) is 9.09. The summed E-state index contributed by atoms with van der Waals surface area (Å²) in [6, 6.07) is 20.6. The summed E-state index contributed by atoms with van der Waals surface area (Å²) in [6.45, 7) is 0. The summed E-state index contributed by atoms with van der Waals surface area (Å²) in [6.07, 6.45) is 4.64. The molecule has 0 atom stereocenters. The van der Waals surface area contributed by atoms with Crippen LogP contribution in [-0.4, -0.2) is 15.9 Å². The van der Waals surface area contributed by atoms with Crippen LogP contribution in [0.15, 0.2) is 83.6 Å². The van der Waals surface area contributed by atoms with Crippen LogP contribution in [0.5, 0.6) is 0 Å². The van der Waals surface area contributed by atoms with Crippen LogP contribution in [0.2, 0.25) is 5.02 Å². The number of rotatable bonds is 5. The van der Waals surface area contributed by atoms with Gasteiger partial charge in [-0.05, 0) is 54.1 Å². The molecule has 1 heterocycles. The molecule has 7 heteroatoms. The van der Waals surface area contributed by atoms with Crippen molar-refractivity contribution in [1.29, 1.82) is 0 Å². The quantitative estimate of drug-likeness (QED) is 0.323. The van der Waals surface area contributed by atoms with Crippen molar-refractivity contribution < 1.29 is 4.79 Å². The number of carbonyl (C=O) groups excluding carboxylic acids is 1. The molecule has 4 aromatic rings. The third kappa shape index (κ3) is 4.84. The monoisotopic (exact) mass is 478 g/mol. The Morgan fingerprint density at radius 2 is 1.83 bits per heavy atom. The predicted octanol–water partition coefficient (Wildman–Crippen LogP) is 6.44. The fourth-order valence-corrected chi connectivity index (χ4v) is 3.49. The molecule has 5 nitrogen and oxygen atoms in total. The highest BCUT2D eigenvalue weighted by Gasteiger charge is 2.07. The zero-order chi connectivity index (χ0) is 20.9. The fraction of sp³-hybridized carbons (Fsp3) is 0. The lowest BCUT2D eigenvalue weighted by Gasteiger charge is -2.10. The molecule has 3 aromatic carbocycles. The van der Waals surface area contributed by atoms with E-state index in [-0.39, 0.29) is 5.91 Å². The normalized spacial score (nSPS) is 11.0. The summed E-state index contributed by atoms with van der Waals surface area (Å²) in [4.78, 5) is 21.0. The third-order valence-corrected chi connectivity index (χ3v) is 5.15. The Morgan fingerprint density at radius 3 is 2.67 bits per heavy atom. The van der Waals surface area contributed by atoms with Crippen molar-refractivity contribution in [2.75, 3.05) is 10.6 Å². The van der Waals surface area contributed by atoms with Crippen molar-refractivity contribution in [3.8, 4) is 0 Å².